The van der Waals surface area contributed by atoms with E-state index in [2.05, 4.69) is 5.32 Å². The summed E-state index contributed by atoms with van der Waals surface area (Å²) >= 11 is 5.99. The number of carbonyl (C=O) groups is 2. The molecule has 1 amide bonds. The van der Waals surface area contributed by atoms with Crippen molar-refractivity contribution < 1.29 is 19.1 Å². The molecule has 1 aromatic rings. The van der Waals surface area contributed by atoms with Crippen molar-refractivity contribution in [2.75, 3.05) is 0 Å². The second kappa shape index (κ2) is 5.30. The van der Waals surface area contributed by atoms with Gasteiger partial charge >= 0.3 is 5.97 Å². The third-order valence-corrected chi connectivity index (χ3v) is 4.48. The number of nitrogens with one attached hydrogen (secondary N) is 1. The lowest BCUT2D eigenvalue weighted by molar-refractivity contribution is -0.142. The molecule has 2 fully saturated rings. The summed E-state index contributed by atoms with van der Waals surface area (Å²) in [4.78, 5) is 23.2. The van der Waals surface area contributed by atoms with Crippen molar-refractivity contribution in [1.82, 2.24) is 5.32 Å². The van der Waals surface area contributed by atoms with Crippen LogP contribution in [0.2, 0.25) is 5.02 Å². The highest BCUT2D eigenvalue weighted by atomic mass is 35.5. The summed E-state index contributed by atoms with van der Waals surface area (Å²) in [5.74, 6) is -2.36. The van der Waals surface area contributed by atoms with Gasteiger partial charge in [-0.25, -0.2) is 9.18 Å². The Morgan fingerprint density at radius 3 is 2.67 bits per heavy atom. The maximum absolute atomic E-state index is 13.8. The number of hydrogen-bond donors (Lipinski definition) is 2. The van der Waals surface area contributed by atoms with Crippen molar-refractivity contribution in [2.24, 2.45) is 11.8 Å². The standard InChI is InChI=1S/C15H15ClFNO3/c16-10-2-1-3-11(17)12(10)8-6-9(8)14(19)18-13(15(20)21)7-4-5-7/h1-3,7-9,13H,4-6H2,(H,18,19)(H,20,21). The fourth-order valence-electron chi connectivity index (χ4n) is 2.74. The third-order valence-electron chi connectivity index (χ3n) is 4.15. The number of amides is 1. The van der Waals surface area contributed by atoms with Gasteiger partial charge in [-0.05, 0) is 37.3 Å². The third kappa shape index (κ3) is 2.88. The van der Waals surface area contributed by atoms with Gasteiger partial charge in [-0.15, -0.1) is 0 Å². The van der Waals surface area contributed by atoms with Gasteiger partial charge in [0.15, 0.2) is 0 Å². The zero-order valence-corrected chi connectivity index (χ0v) is 11.9. The number of carboxylic acids is 1. The van der Waals surface area contributed by atoms with Crippen molar-refractivity contribution in [3.63, 3.8) is 0 Å². The average molecular weight is 312 g/mol. The second-order valence-corrected chi connectivity index (χ2v) is 6.15. The highest BCUT2D eigenvalue weighted by Crippen LogP contribution is 2.50. The normalized spacial score (nSPS) is 25.2. The molecule has 6 heteroatoms. The Morgan fingerprint density at radius 1 is 1.38 bits per heavy atom. The Bertz CT molecular complexity index is 582. The fraction of sp³-hybridized carbons (Fsp3) is 0.467. The molecule has 21 heavy (non-hydrogen) atoms. The Morgan fingerprint density at radius 2 is 2.10 bits per heavy atom. The van der Waals surface area contributed by atoms with Crippen LogP contribution in [-0.4, -0.2) is 23.0 Å². The first-order valence-corrected chi connectivity index (χ1v) is 7.34. The van der Waals surface area contributed by atoms with E-state index in [1.807, 2.05) is 0 Å². The molecule has 0 bridgehead atoms. The van der Waals surface area contributed by atoms with E-state index in [-0.39, 0.29) is 23.7 Å². The minimum atomic E-state index is -1.01. The molecule has 3 rings (SSSR count). The van der Waals surface area contributed by atoms with Crippen molar-refractivity contribution in [2.45, 2.75) is 31.2 Å². The van der Waals surface area contributed by atoms with E-state index < -0.39 is 17.8 Å². The molecule has 4 nitrogen and oxygen atoms in total. The van der Waals surface area contributed by atoms with Crippen LogP contribution in [0.1, 0.15) is 30.7 Å². The van der Waals surface area contributed by atoms with Crippen molar-refractivity contribution in [3.8, 4) is 0 Å². The topological polar surface area (TPSA) is 66.4 Å². The monoisotopic (exact) mass is 311 g/mol. The molecule has 0 aromatic heterocycles. The van der Waals surface area contributed by atoms with Gasteiger partial charge in [0.1, 0.15) is 11.9 Å². The number of halogens is 2. The highest BCUT2D eigenvalue weighted by Gasteiger charge is 2.48. The van der Waals surface area contributed by atoms with E-state index in [1.165, 1.54) is 12.1 Å². The van der Waals surface area contributed by atoms with E-state index in [0.717, 1.165) is 12.8 Å². The SMILES string of the molecule is O=C(NC(C(=O)O)C1CC1)C1CC1c1c(F)cccc1Cl. The Balaban J connectivity index is 1.67. The van der Waals surface area contributed by atoms with Gasteiger partial charge in [0.05, 0.1) is 0 Å². The maximum atomic E-state index is 13.8. The minimum absolute atomic E-state index is 0.0284. The first-order valence-electron chi connectivity index (χ1n) is 6.96. The molecule has 2 N–H and O–H groups in total. The Hall–Kier alpha value is -1.62. The lowest BCUT2D eigenvalue weighted by atomic mass is 10.1. The van der Waals surface area contributed by atoms with E-state index in [9.17, 15) is 14.0 Å². The predicted molar refractivity (Wildman–Crippen MR) is 74.5 cm³/mol. The maximum Gasteiger partial charge on any atom is 0.326 e. The summed E-state index contributed by atoms with van der Waals surface area (Å²) in [6, 6.07) is 3.61. The van der Waals surface area contributed by atoms with E-state index in [4.69, 9.17) is 16.7 Å². The summed E-state index contributed by atoms with van der Waals surface area (Å²) < 4.78 is 13.8. The molecule has 3 unspecified atom stereocenters. The number of aliphatic carboxylic acids is 1. The average Bonchev–Trinajstić information content (AvgIpc) is 3.28. The molecular weight excluding hydrogens is 297 g/mol. The van der Waals surface area contributed by atoms with Crippen LogP contribution in [0.5, 0.6) is 0 Å². The van der Waals surface area contributed by atoms with E-state index in [1.54, 1.807) is 6.07 Å². The first kappa shape index (κ1) is 14.3. The van der Waals surface area contributed by atoms with Gasteiger partial charge in [-0.1, -0.05) is 17.7 Å². The summed E-state index contributed by atoms with van der Waals surface area (Å²) in [7, 11) is 0. The molecule has 2 saturated carbocycles. The van der Waals surface area contributed by atoms with Crippen molar-refractivity contribution in [3.05, 3.63) is 34.6 Å². The van der Waals surface area contributed by atoms with Gasteiger partial charge < -0.3 is 10.4 Å². The van der Waals surface area contributed by atoms with Crippen LogP contribution in [0.3, 0.4) is 0 Å². The number of hydrogen-bond acceptors (Lipinski definition) is 2. The summed E-state index contributed by atoms with van der Waals surface area (Å²) in [5, 5.41) is 12.0. The summed E-state index contributed by atoms with van der Waals surface area (Å²) in [6.45, 7) is 0. The largest absolute Gasteiger partial charge is 0.480 e. The molecule has 0 aliphatic heterocycles. The smallest absolute Gasteiger partial charge is 0.326 e. The molecule has 3 atom stereocenters. The van der Waals surface area contributed by atoms with Crippen molar-refractivity contribution >= 4 is 23.5 Å². The molecule has 2 aliphatic carbocycles. The van der Waals surface area contributed by atoms with Gasteiger partial charge in [-0.2, -0.15) is 0 Å². The van der Waals surface area contributed by atoms with Crippen LogP contribution in [0.25, 0.3) is 0 Å². The number of carboxylic acid groups (broad SMARTS) is 1. The summed E-state index contributed by atoms with van der Waals surface area (Å²) in [6.07, 6.45) is 2.15. The fourth-order valence-corrected chi connectivity index (χ4v) is 3.04. The van der Waals surface area contributed by atoms with Crippen molar-refractivity contribution in [1.29, 1.82) is 0 Å². The number of benzene rings is 1. The van der Waals surface area contributed by atoms with Gasteiger partial charge in [-0.3, -0.25) is 4.79 Å². The van der Waals surface area contributed by atoms with Crippen LogP contribution in [0.15, 0.2) is 18.2 Å². The quantitative estimate of drug-likeness (QED) is 0.878. The zero-order chi connectivity index (χ0) is 15.1. The Kier molecular flexibility index (Phi) is 3.61. The van der Waals surface area contributed by atoms with Crippen LogP contribution >= 0.6 is 11.6 Å². The molecule has 1 aromatic carbocycles. The zero-order valence-electron chi connectivity index (χ0n) is 11.2. The lowest BCUT2D eigenvalue weighted by Crippen LogP contribution is -2.43. The minimum Gasteiger partial charge on any atom is -0.480 e. The molecule has 0 spiro atoms. The van der Waals surface area contributed by atoms with Crippen LogP contribution in [0, 0.1) is 17.7 Å². The lowest BCUT2D eigenvalue weighted by Gasteiger charge is -2.13. The van der Waals surface area contributed by atoms with Gasteiger partial charge in [0, 0.05) is 22.4 Å². The summed E-state index contributed by atoms with van der Waals surface area (Å²) in [5.41, 5.74) is 0.359. The molecule has 0 heterocycles. The van der Waals surface area contributed by atoms with Gasteiger partial charge in [0.2, 0.25) is 5.91 Å². The Labute approximate surface area is 126 Å². The predicted octanol–water partition coefficient (Wildman–Crippen LogP) is 2.56. The molecular formula is C15H15ClFNO3. The number of carbonyl (C=O) groups excluding carboxylic acids is 1. The molecule has 112 valence electrons. The molecule has 0 radical (unpaired) electrons. The van der Waals surface area contributed by atoms with Crippen LogP contribution in [0.4, 0.5) is 4.39 Å². The van der Waals surface area contributed by atoms with Crippen LogP contribution < -0.4 is 5.32 Å². The molecule has 0 saturated heterocycles. The highest BCUT2D eigenvalue weighted by molar-refractivity contribution is 6.31. The second-order valence-electron chi connectivity index (χ2n) is 5.75. The number of rotatable bonds is 5. The first-order chi connectivity index (χ1) is 9.99. The van der Waals surface area contributed by atoms with Crippen LogP contribution in [-0.2, 0) is 9.59 Å². The molecule has 2 aliphatic rings. The van der Waals surface area contributed by atoms with Gasteiger partial charge in [0.25, 0.3) is 0 Å². The van der Waals surface area contributed by atoms with E-state index >= 15 is 0 Å². The van der Waals surface area contributed by atoms with E-state index in [0.29, 0.717) is 17.0 Å².